The summed E-state index contributed by atoms with van der Waals surface area (Å²) in [6, 6.07) is 8.73. The van der Waals surface area contributed by atoms with Crippen molar-refractivity contribution in [2.45, 2.75) is 13.8 Å². The molecule has 0 fully saturated rings. The van der Waals surface area contributed by atoms with Gasteiger partial charge in [0.1, 0.15) is 6.26 Å². The summed E-state index contributed by atoms with van der Waals surface area (Å²) in [6.45, 7) is 3.89. The van der Waals surface area contributed by atoms with Gasteiger partial charge in [-0.15, -0.1) is 0 Å². The molecule has 0 unspecified atom stereocenters. The first-order valence-corrected chi connectivity index (χ1v) is 7.21. The van der Waals surface area contributed by atoms with Crippen LogP contribution in [0.1, 0.15) is 32.2 Å². The molecule has 3 aromatic rings. The predicted molar refractivity (Wildman–Crippen MR) is 87.0 cm³/mol. The second-order valence-corrected chi connectivity index (χ2v) is 5.30. The molecule has 0 atom stereocenters. The first-order valence-electron chi connectivity index (χ1n) is 7.21. The van der Waals surface area contributed by atoms with Gasteiger partial charge < -0.3 is 14.2 Å². The molecule has 0 radical (unpaired) electrons. The van der Waals surface area contributed by atoms with Crippen molar-refractivity contribution in [3.8, 4) is 0 Å². The first kappa shape index (κ1) is 15.5. The summed E-state index contributed by atoms with van der Waals surface area (Å²) in [6.07, 6.45) is 2.56. The number of benzene rings is 1. The zero-order valence-electron chi connectivity index (χ0n) is 13.1. The Morgan fingerprint density at radius 3 is 2.42 bits per heavy atom. The lowest BCUT2D eigenvalue weighted by molar-refractivity contribution is 0.0990. The Morgan fingerprint density at radius 1 is 1.00 bits per heavy atom. The first-order chi connectivity index (χ1) is 11.5. The van der Waals surface area contributed by atoms with Crippen LogP contribution in [-0.2, 0) is 0 Å². The fourth-order valence-corrected chi connectivity index (χ4v) is 2.24. The Hall–Kier alpha value is -3.35. The molecule has 7 nitrogen and oxygen atoms in total. The summed E-state index contributed by atoms with van der Waals surface area (Å²) in [5, 5.41) is 5.15. The number of oxazole rings is 1. The molecule has 2 heterocycles. The largest absolute Gasteiger partial charge is 0.459 e. The molecule has 24 heavy (non-hydrogen) atoms. The van der Waals surface area contributed by atoms with Gasteiger partial charge in [0.2, 0.25) is 0 Å². The van der Waals surface area contributed by atoms with Crippen molar-refractivity contribution in [3.63, 3.8) is 0 Å². The third kappa shape index (κ3) is 3.52. The minimum atomic E-state index is -0.511. The molecule has 1 aromatic carbocycles. The topological polar surface area (TPSA) is 97.4 Å². The number of anilines is 2. The molecule has 2 N–H and O–H groups in total. The van der Waals surface area contributed by atoms with E-state index in [1.165, 1.54) is 18.6 Å². The summed E-state index contributed by atoms with van der Waals surface area (Å²) in [5.41, 5.74) is 2.80. The van der Waals surface area contributed by atoms with Crippen LogP contribution in [0.5, 0.6) is 0 Å². The Morgan fingerprint density at radius 2 is 1.75 bits per heavy atom. The van der Waals surface area contributed by atoms with Crippen molar-refractivity contribution >= 4 is 23.5 Å². The Labute approximate surface area is 137 Å². The summed E-state index contributed by atoms with van der Waals surface area (Å²) in [4.78, 5) is 28.0. The van der Waals surface area contributed by atoms with Crippen LogP contribution < -0.4 is 10.6 Å². The molecule has 2 aromatic heterocycles. The fraction of sp³-hybridized carbons (Fsp3) is 0.118. The zero-order valence-corrected chi connectivity index (χ0v) is 13.1. The molecule has 0 bridgehead atoms. The van der Waals surface area contributed by atoms with Crippen LogP contribution in [0.4, 0.5) is 11.7 Å². The number of nitrogens with zero attached hydrogens (tertiary/aromatic N) is 1. The van der Waals surface area contributed by atoms with E-state index in [9.17, 15) is 9.59 Å². The van der Waals surface area contributed by atoms with Crippen molar-refractivity contribution in [1.29, 1.82) is 0 Å². The van der Waals surface area contributed by atoms with Gasteiger partial charge in [-0.3, -0.25) is 14.9 Å². The van der Waals surface area contributed by atoms with Crippen LogP contribution >= 0.6 is 0 Å². The van der Waals surface area contributed by atoms with Crippen molar-refractivity contribution < 1.29 is 18.4 Å². The molecular weight excluding hydrogens is 310 g/mol. The van der Waals surface area contributed by atoms with Crippen LogP contribution in [0.15, 0.2) is 51.7 Å². The van der Waals surface area contributed by atoms with E-state index >= 15 is 0 Å². The normalized spacial score (nSPS) is 10.4. The van der Waals surface area contributed by atoms with E-state index in [4.69, 9.17) is 8.83 Å². The number of nitrogens with one attached hydrogen (secondary N) is 2. The number of furan rings is 1. The minimum Gasteiger partial charge on any atom is -0.459 e. The third-order valence-corrected chi connectivity index (χ3v) is 3.18. The third-order valence-electron chi connectivity index (χ3n) is 3.18. The molecule has 0 saturated carbocycles. The molecule has 7 heteroatoms. The van der Waals surface area contributed by atoms with Crippen LogP contribution in [0.25, 0.3) is 0 Å². The zero-order chi connectivity index (χ0) is 17.1. The molecular formula is C17H15N3O4. The number of aromatic nitrogens is 1. The predicted octanol–water partition coefficient (Wildman–Crippen LogP) is 3.39. The maximum atomic E-state index is 12.2. The number of rotatable bonds is 4. The smallest absolute Gasteiger partial charge is 0.302 e. The van der Waals surface area contributed by atoms with Crippen molar-refractivity contribution in [2.24, 2.45) is 0 Å². The lowest BCUT2D eigenvalue weighted by Crippen LogP contribution is -2.14. The highest BCUT2D eigenvalue weighted by Gasteiger charge is 2.16. The van der Waals surface area contributed by atoms with E-state index in [1.54, 1.807) is 6.07 Å². The molecule has 122 valence electrons. The minimum absolute atomic E-state index is 0.0592. The number of carbonyl (C=O) groups is 2. The number of hydrogen-bond acceptors (Lipinski definition) is 5. The lowest BCUT2D eigenvalue weighted by Gasteiger charge is -2.05. The summed E-state index contributed by atoms with van der Waals surface area (Å²) in [5.74, 6) is -0.820. The van der Waals surface area contributed by atoms with Gasteiger partial charge in [0.05, 0.1) is 6.26 Å². The van der Waals surface area contributed by atoms with Gasteiger partial charge in [-0.2, -0.15) is 4.98 Å². The maximum absolute atomic E-state index is 12.2. The van der Waals surface area contributed by atoms with E-state index in [0.29, 0.717) is 5.69 Å². The highest BCUT2D eigenvalue weighted by Crippen LogP contribution is 2.16. The number of carbonyl (C=O) groups excluding carboxylic acids is 2. The number of amides is 2. The highest BCUT2D eigenvalue weighted by atomic mass is 16.4. The van der Waals surface area contributed by atoms with E-state index in [2.05, 4.69) is 15.6 Å². The Bertz CT molecular complexity index is 861. The average molecular weight is 325 g/mol. The molecule has 0 aliphatic carbocycles. The molecule has 0 aliphatic heterocycles. The van der Waals surface area contributed by atoms with Crippen molar-refractivity contribution in [1.82, 2.24) is 4.98 Å². The van der Waals surface area contributed by atoms with E-state index in [1.807, 2.05) is 32.0 Å². The van der Waals surface area contributed by atoms with Crippen LogP contribution in [0.2, 0.25) is 0 Å². The Kier molecular flexibility index (Phi) is 4.15. The van der Waals surface area contributed by atoms with E-state index in [0.717, 1.165) is 11.1 Å². The molecule has 0 saturated heterocycles. The van der Waals surface area contributed by atoms with Crippen LogP contribution in [-0.4, -0.2) is 16.8 Å². The van der Waals surface area contributed by atoms with Gasteiger partial charge >= 0.3 is 6.01 Å². The van der Waals surface area contributed by atoms with Crippen molar-refractivity contribution in [3.05, 3.63) is 65.4 Å². The molecule has 2 amide bonds. The molecule has 0 aliphatic rings. The number of aryl methyl sites for hydroxylation is 2. The monoisotopic (exact) mass is 325 g/mol. The fourth-order valence-electron chi connectivity index (χ4n) is 2.24. The van der Waals surface area contributed by atoms with Crippen molar-refractivity contribution in [2.75, 3.05) is 10.6 Å². The molecule has 3 rings (SSSR count). The molecule has 0 spiro atoms. The highest BCUT2D eigenvalue weighted by molar-refractivity contribution is 6.04. The van der Waals surface area contributed by atoms with Crippen LogP contribution in [0, 0.1) is 13.8 Å². The van der Waals surface area contributed by atoms with Gasteiger partial charge in [-0.05, 0) is 49.2 Å². The van der Waals surface area contributed by atoms with Gasteiger partial charge in [0.15, 0.2) is 11.5 Å². The lowest BCUT2D eigenvalue weighted by atomic mass is 10.1. The summed E-state index contributed by atoms with van der Waals surface area (Å²) >= 11 is 0. The maximum Gasteiger partial charge on any atom is 0.302 e. The summed E-state index contributed by atoms with van der Waals surface area (Å²) < 4.78 is 10.1. The van der Waals surface area contributed by atoms with Gasteiger partial charge in [0, 0.05) is 5.69 Å². The number of hydrogen-bond donors (Lipinski definition) is 2. The van der Waals surface area contributed by atoms with E-state index < -0.39 is 11.8 Å². The second kappa shape index (κ2) is 6.41. The standard InChI is InChI=1S/C17H15N3O4/c1-10-6-11(2)8-12(7-10)18-15(21)13-9-24-17(19-13)20-16(22)14-4-3-5-23-14/h3-9H,1-2H3,(H,18,21)(H,19,20,22). The summed E-state index contributed by atoms with van der Waals surface area (Å²) in [7, 11) is 0. The van der Waals surface area contributed by atoms with Gasteiger partial charge in [-0.25, -0.2) is 0 Å². The SMILES string of the molecule is Cc1cc(C)cc(NC(=O)c2coc(NC(=O)c3ccco3)n2)c1. The van der Waals surface area contributed by atoms with E-state index in [-0.39, 0.29) is 17.5 Å². The Balaban J connectivity index is 1.68. The van der Waals surface area contributed by atoms with Gasteiger partial charge in [-0.1, -0.05) is 6.07 Å². The second-order valence-electron chi connectivity index (χ2n) is 5.30. The average Bonchev–Trinajstić information content (AvgIpc) is 3.17. The van der Waals surface area contributed by atoms with Gasteiger partial charge in [0.25, 0.3) is 11.8 Å². The quantitative estimate of drug-likeness (QED) is 0.766. The van der Waals surface area contributed by atoms with Crippen LogP contribution in [0.3, 0.4) is 0 Å².